The van der Waals surface area contributed by atoms with Crippen LogP contribution in [-0.4, -0.2) is 22.8 Å². The van der Waals surface area contributed by atoms with E-state index < -0.39 is 22.3 Å². The molecule has 0 unspecified atom stereocenters. The van der Waals surface area contributed by atoms with Gasteiger partial charge in [0.15, 0.2) is 17.4 Å². The lowest BCUT2D eigenvalue weighted by molar-refractivity contribution is 0.280. The van der Waals surface area contributed by atoms with E-state index >= 15 is 0 Å². The third kappa shape index (κ3) is 3.10. The normalized spacial score (nSPS) is 16.8. The Morgan fingerprint density at radius 3 is 2.30 bits per heavy atom. The average Bonchev–Trinajstić information content (AvgIpc) is 2.96. The molecule has 1 fully saturated rings. The number of piperidine rings is 1. The standard InChI is InChI=1S/C20H20F2N2O2S/c1-20(2)7-9-23(10-8-20)12-3-5-13(6-4-12)24-17-15(27-19(24)26)11-14(21)18(25)16(17)22/h3-6,11,25H,7-10H2,1-2H3. The number of phenols is 1. The zero-order valence-corrected chi connectivity index (χ0v) is 15.9. The van der Waals surface area contributed by atoms with Gasteiger partial charge in [-0.05, 0) is 48.6 Å². The molecule has 1 aliphatic rings. The molecule has 7 heteroatoms. The van der Waals surface area contributed by atoms with Gasteiger partial charge in [0.2, 0.25) is 0 Å². The fourth-order valence-electron chi connectivity index (χ4n) is 3.51. The molecule has 0 bridgehead atoms. The maximum atomic E-state index is 14.4. The van der Waals surface area contributed by atoms with Gasteiger partial charge in [0.1, 0.15) is 5.52 Å². The van der Waals surface area contributed by atoms with Crippen molar-refractivity contribution in [3.8, 4) is 11.4 Å². The molecule has 2 aromatic carbocycles. The predicted octanol–water partition coefficient (Wildman–Crippen LogP) is 4.66. The summed E-state index contributed by atoms with van der Waals surface area (Å²) in [7, 11) is 0. The van der Waals surface area contributed by atoms with E-state index in [-0.39, 0.29) is 10.2 Å². The van der Waals surface area contributed by atoms with Crippen molar-refractivity contribution in [2.75, 3.05) is 18.0 Å². The Morgan fingerprint density at radius 2 is 1.67 bits per heavy atom. The van der Waals surface area contributed by atoms with Crippen LogP contribution in [0, 0.1) is 17.0 Å². The first-order valence-electron chi connectivity index (χ1n) is 8.85. The summed E-state index contributed by atoms with van der Waals surface area (Å²) in [5.74, 6) is -3.26. The van der Waals surface area contributed by atoms with Crippen LogP contribution in [0.1, 0.15) is 26.7 Å². The topological polar surface area (TPSA) is 45.5 Å². The van der Waals surface area contributed by atoms with Crippen molar-refractivity contribution in [2.45, 2.75) is 26.7 Å². The quantitative estimate of drug-likeness (QED) is 0.692. The number of fused-ring (bicyclic) bond motifs is 1. The molecule has 1 saturated heterocycles. The number of aromatic nitrogens is 1. The van der Waals surface area contributed by atoms with Gasteiger partial charge in [-0.15, -0.1) is 0 Å². The van der Waals surface area contributed by atoms with Gasteiger partial charge in [-0.1, -0.05) is 25.2 Å². The number of aromatic hydroxyl groups is 1. The molecule has 3 aromatic rings. The molecule has 1 aliphatic heterocycles. The molecule has 0 spiro atoms. The fourth-order valence-corrected chi connectivity index (χ4v) is 4.43. The minimum atomic E-state index is -1.12. The number of thiazole rings is 1. The van der Waals surface area contributed by atoms with Crippen LogP contribution in [0.5, 0.6) is 5.75 Å². The van der Waals surface area contributed by atoms with Gasteiger partial charge < -0.3 is 10.0 Å². The second-order valence-corrected chi connectivity index (χ2v) is 8.73. The Kier molecular flexibility index (Phi) is 4.22. The first kappa shape index (κ1) is 18.0. The molecule has 1 aromatic heterocycles. The summed E-state index contributed by atoms with van der Waals surface area (Å²) in [5, 5.41) is 9.57. The van der Waals surface area contributed by atoms with E-state index in [1.165, 1.54) is 4.57 Å². The highest BCUT2D eigenvalue weighted by molar-refractivity contribution is 7.16. The molecule has 0 atom stereocenters. The second kappa shape index (κ2) is 6.34. The molecule has 1 N–H and O–H groups in total. The van der Waals surface area contributed by atoms with E-state index in [0.717, 1.165) is 49.0 Å². The molecular formula is C20H20F2N2O2S. The Labute approximate surface area is 159 Å². The first-order chi connectivity index (χ1) is 12.8. The summed E-state index contributed by atoms with van der Waals surface area (Å²) in [5.41, 5.74) is 1.79. The summed E-state index contributed by atoms with van der Waals surface area (Å²) in [6.45, 7) is 6.48. The van der Waals surface area contributed by atoms with Crippen molar-refractivity contribution in [1.82, 2.24) is 4.57 Å². The third-order valence-electron chi connectivity index (χ3n) is 5.33. The fraction of sp³-hybridized carbons (Fsp3) is 0.350. The highest BCUT2D eigenvalue weighted by Gasteiger charge is 2.25. The van der Waals surface area contributed by atoms with Crippen LogP contribution in [0.3, 0.4) is 0 Å². The lowest BCUT2D eigenvalue weighted by Gasteiger charge is -2.38. The van der Waals surface area contributed by atoms with Crippen molar-refractivity contribution in [3.63, 3.8) is 0 Å². The number of nitrogens with zero attached hydrogens (tertiary/aromatic N) is 2. The molecule has 4 rings (SSSR count). The second-order valence-electron chi connectivity index (χ2n) is 7.74. The van der Waals surface area contributed by atoms with Gasteiger partial charge in [-0.25, -0.2) is 8.78 Å². The highest BCUT2D eigenvalue weighted by Crippen LogP contribution is 2.34. The Hall–Kier alpha value is -2.41. The van der Waals surface area contributed by atoms with E-state index in [4.69, 9.17) is 0 Å². The summed E-state index contributed by atoms with van der Waals surface area (Å²) in [6.07, 6.45) is 2.22. The van der Waals surface area contributed by atoms with Crippen molar-refractivity contribution >= 4 is 27.2 Å². The number of phenolic OH excluding ortho intramolecular Hbond substituents is 1. The van der Waals surface area contributed by atoms with Gasteiger partial charge in [0, 0.05) is 18.8 Å². The summed E-state index contributed by atoms with van der Waals surface area (Å²) >= 11 is 0.749. The van der Waals surface area contributed by atoms with Crippen molar-refractivity contribution in [1.29, 1.82) is 0 Å². The number of rotatable bonds is 2. The molecule has 142 valence electrons. The van der Waals surface area contributed by atoms with E-state index in [1.54, 1.807) is 12.1 Å². The first-order valence-corrected chi connectivity index (χ1v) is 9.66. The van der Waals surface area contributed by atoms with E-state index in [1.807, 2.05) is 12.1 Å². The smallest absolute Gasteiger partial charge is 0.312 e. The van der Waals surface area contributed by atoms with Gasteiger partial charge in [0.05, 0.1) is 10.4 Å². The predicted molar refractivity (Wildman–Crippen MR) is 104 cm³/mol. The highest BCUT2D eigenvalue weighted by atomic mass is 32.1. The van der Waals surface area contributed by atoms with Crippen LogP contribution in [0.15, 0.2) is 35.1 Å². The number of hydrogen-bond donors (Lipinski definition) is 1. The molecule has 0 aliphatic carbocycles. The lowest BCUT2D eigenvalue weighted by atomic mass is 9.82. The van der Waals surface area contributed by atoms with Gasteiger partial charge >= 0.3 is 4.87 Å². The summed E-state index contributed by atoms with van der Waals surface area (Å²) in [6, 6.07) is 8.31. The molecule has 27 heavy (non-hydrogen) atoms. The van der Waals surface area contributed by atoms with E-state index in [9.17, 15) is 18.7 Å². The van der Waals surface area contributed by atoms with Crippen LogP contribution in [-0.2, 0) is 0 Å². The monoisotopic (exact) mass is 390 g/mol. The molecular weight excluding hydrogens is 370 g/mol. The van der Waals surface area contributed by atoms with E-state index in [2.05, 4.69) is 18.7 Å². The third-order valence-corrected chi connectivity index (χ3v) is 6.22. The van der Waals surface area contributed by atoms with Crippen molar-refractivity contribution in [3.05, 3.63) is 51.6 Å². The van der Waals surface area contributed by atoms with Crippen LogP contribution >= 0.6 is 11.3 Å². The molecule has 0 radical (unpaired) electrons. The minimum absolute atomic E-state index is 0.101. The zero-order chi connectivity index (χ0) is 19.3. The zero-order valence-electron chi connectivity index (χ0n) is 15.1. The Balaban J connectivity index is 1.72. The number of halogens is 2. The van der Waals surface area contributed by atoms with Crippen LogP contribution < -0.4 is 9.77 Å². The minimum Gasteiger partial charge on any atom is -0.503 e. The number of anilines is 1. The summed E-state index contributed by atoms with van der Waals surface area (Å²) in [4.78, 5) is 14.2. The SMILES string of the molecule is CC1(C)CCN(c2ccc(-n3c(=O)sc4cc(F)c(O)c(F)c43)cc2)CC1. The van der Waals surface area contributed by atoms with Gasteiger partial charge in [-0.2, -0.15) is 0 Å². The number of benzene rings is 2. The molecule has 0 amide bonds. The van der Waals surface area contributed by atoms with Crippen LogP contribution in [0.25, 0.3) is 15.9 Å². The number of hydrogen-bond acceptors (Lipinski definition) is 4. The average molecular weight is 390 g/mol. The van der Waals surface area contributed by atoms with Gasteiger partial charge in [-0.3, -0.25) is 9.36 Å². The van der Waals surface area contributed by atoms with Crippen molar-refractivity contribution < 1.29 is 13.9 Å². The van der Waals surface area contributed by atoms with Gasteiger partial charge in [0.25, 0.3) is 0 Å². The molecule has 0 saturated carbocycles. The van der Waals surface area contributed by atoms with E-state index in [0.29, 0.717) is 11.1 Å². The Morgan fingerprint density at radius 1 is 1.07 bits per heavy atom. The molecule has 2 heterocycles. The maximum absolute atomic E-state index is 14.4. The molecule has 4 nitrogen and oxygen atoms in total. The summed E-state index contributed by atoms with van der Waals surface area (Å²) < 4.78 is 29.3. The van der Waals surface area contributed by atoms with Crippen LogP contribution in [0.2, 0.25) is 0 Å². The lowest BCUT2D eigenvalue weighted by Crippen LogP contribution is -2.37. The van der Waals surface area contributed by atoms with Crippen molar-refractivity contribution in [2.24, 2.45) is 5.41 Å². The largest absolute Gasteiger partial charge is 0.503 e. The maximum Gasteiger partial charge on any atom is 0.312 e. The van der Waals surface area contributed by atoms with Crippen LogP contribution in [0.4, 0.5) is 14.5 Å². The Bertz CT molecular complexity index is 1060.